The number of methoxy groups -OCH3 is 1. The van der Waals surface area contributed by atoms with E-state index in [1.54, 1.807) is 7.11 Å². The first-order chi connectivity index (χ1) is 20.8. The molecular weight excluding hydrogens is 557 g/mol. The first kappa shape index (κ1) is 38.7. The summed E-state index contributed by atoms with van der Waals surface area (Å²) in [5.41, 5.74) is 0. The zero-order valence-electron chi connectivity index (χ0n) is 30.4. The summed E-state index contributed by atoms with van der Waals surface area (Å²) in [4.78, 5) is 0. The molecule has 0 aliphatic carbocycles. The van der Waals surface area contributed by atoms with E-state index in [4.69, 9.17) is 13.9 Å². The maximum Gasteiger partial charge on any atom is 0.261 e. The van der Waals surface area contributed by atoms with E-state index in [-0.39, 0.29) is 5.04 Å². The number of hydrogen-bond donors (Lipinski definition) is 0. The Morgan fingerprint density at radius 1 is 0.523 bits per heavy atom. The fraction of sp³-hybridized carbons (Fsp3) is 0.700. The van der Waals surface area contributed by atoms with Gasteiger partial charge >= 0.3 is 0 Å². The maximum atomic E-state index is 7.25. The third-order valence-corrected chi connectivity index (χ3v) is 14.4. The molecule has 2 aromatic rings. The predicted molar refractivity (Wildman–Crippen MR) is 193 cm³/mol. The highest BCUT2D eigenvalue weighted by atomic mass is 28.4. The molecule has 2 rings (SSSR count). The summed E-state index contributed by atoms with van der Waals surface area (Å²) in [6.45, 7) is 26.1. The van der Waals surface area contributed by atoms with Crippen LogP contribution in [0.3, 0.4) is 0 Å². The second-order valence-corrected chi connectivity index (χ2v) is 20.2. The summed E-state index contributed by atoms with van der Waals surface area (Å²) in [7, 11) is -0.787. The third-order valence-electron chi connectivity index (χ3n) is 9.43. The van der Waals surface area contributed by atoms with Gasteiger partial charge in [-0.1, -0.05) is 130 Å². The monoisotopic (exact) mass is 624 g/mol. The van der Waals surface area contributed by atoms with Crippen LogP contribution in [0.4, 0.5) is 0 Å². The van der Waals surface area contributed by atoms with Crippen LogP contribution in [-0.2, 0) is 13.9 Å². The fourth-order valence-electron chi connectivity index (χ4n) is 8.10. The molecule has 0 aliphatic rings. The molecule has 2 aromatic carbocycles. The second kappa shape index (κ2) is 19.3. The lowest BCUT2D eigenvalue weighted by Crippen LogP contribution is -2.66. The van der Waals surface area contributed by atoms with Gasteiger partial charge < -0.3 is 13.9 Å². The SMILES string of the molecule is COCOC[C@@H](C)C[C@@H](C)C[C@@H](C)C[C@@H](C)C[C@@H](C)C[C@@H](C)C[C@@H](C)CO[Si](c1ccccc1)(c1ccccc1)C(C)(C)C. The van der Waals surface area contributed by atoms with E-state index in [2.05, 4.69) is 130 Å². The Labute approximate surface area is 274 Å². The van der Waals surface area contributed by atoms with Crippen LogP contribution in [0, 0.1) is 41.4 Å². The van der Waals surface area contributed by atoms with Crippen LogP contribution in [-0.4, -0.2) is 35.4 Å². The molecule has 0 N–H and O–H groups in total. The Kier molecular flexibility index (Phi) is 16.9. The fourth-order valence-corrected chi connectivity index (χ4v) is 12.8. The van der Waals surface area contributed by atoms with Crippen LogP contribution in [0.25, 0.3) is 0 Å². The zero-order chi connectivity index (χ0) is 32.8. The number of benzene rings is 2. The summed E-state index contributed by atoms with van der Waals surface area (Å²) < 4.78 is 17.8. The Hall–Kier alpha value is -1.46. The van der Waals surface area contributed by atoms with Crippen LogP contribution >= 0.6 is 0 Å². The van der Waals surface area contributed by atoms with Gasteiger partial charge in [0.2, 0.25) is 0 Å². The highest BCUT2D eigenvalue weighted by Crippen LogP contribution is 2.37. The Morgan fingerprint density at radius 2 is 0.864 bits per heavy atom. The zero-order valence-corrected chi connectivity index (χ0v) is 31.4. The van der Waals surface area contributed by atoms with Crippen molar-refractivity contribution in [1.29, 1.82) is 0 Å². The minimum absolute atomic E-state index is 0.0252. The van der Waals surface area contributed by atoms with Gasteiger partial charge in [-0.25, -0.2) is 0 Å². The topological polar surface area (TPSA) is 27.7 Å². The molecule has 0 saturated heterocycles. The molecule has 0 spiro atoms. The van der Waals surface area contributed by atoms with E-state index in [0.717, 1.165) is 36.9 Å². The first-order valence-electron chi connectivity index (χ1n) is 17.6. The summed E-state index contributed by atoms with van der Waals surface area (Å²) >= 11 is 0. The van der Waals surface area contributed by atoms with Gasteiger partial charge in [-0.15, -0.1) is 0 Å². The average molecular weight is 625 g/mol. The second-order valence-electron chi connectivity index (χ2n) is 15.9. The van der Waals surface area contributed by atoms with E-state index in [9.17, 15) is 0 Å². The number of rotatable bonds is 21. The van der Waals surface area contributed by atoms with Gasteiger partial charge in [0.1, 0.15) is 6.79 Å². The van der Waals surface area contributed by atoms with Gasteiger partial charge in [0.15, 0.2) is 0 Å². The van der Waals surface area contributed by atoms with E-state index in [1.807, 2.05) is 0 Å². The van der Waals surface area contributed by atoms with Crippen molar-refractivity contribution in [2.24, 2.45) is 41.4 Å². The third kappa shape index (κ3) is 12.7. The molecule has 0 aromatic heterocycles. The predicted octanol–water partition coefficient (Wildman–Crippen LogP) is 9.98. The van der Waals surface area contributed by atoms with E-state index < -0.39 is 8.32 Å². The van der Waals surface area contributed by atoms with Crippen molar-refractivity contribution in [3.8, 4) is 0 Å². The smallest absolute Gasteiger partial charge is 0.261 e. The Morgan fingerprint density at radius 3 is 1.20 bits per heavy atom. The lowest BCUT2D eigenvalue weighted by molar-refractivity contribution is -0.0437. The van der Waals surface area contributed by atoms with Crippen molar-refractivity contribution < 1.29 is 13.9 Å². The van der Waals surface area contributed by atoms with Crippen molar-refractivity contribution in [2.75, 3.05) is 27.1 Å². The Balaban J connectivity index is 1.87. The van der Waals surface area contributed by atoms with Crippen LogP contribution in [0.15, 0.2) is 60.7 Å². The molecule has 0 saturated carbocycles. The summed E-state index contributed by atoms with van der Waals surface area (Å²) in [6.07, 6.45) is 7.73. The molecule has 7 atom stereocenters. The van der Waals surface area contributed by atoms with E-state index in [0.29, 0.717) is 24.5 Å². The Bertz CT molecular complexity index is 965. The summed E-state index contributed by atoms with van der Waals surface area (Å²) in [5.74, 6) is 4.86. The average Bonchev–Trinajstić information content (AvgIpc) is 2.93. The molecule has 44 heavy (non-hydrogen) atoms. The largest absolute Gasteiger partial charge is 0.407 e. The molecular formula is C40H68O3Si. The molecule has 0 bridgehead atoms. The van der Waals surface area contributed by atoms with Crippen LogP contribution < -0.4 is 10.4 Å². The van der Waals surface area contributed by atoms with Crippen molar-refractivity contribution in [3.63, 3.8) is 0 Å². The van der Waals surface area contributed by atoms with Crippen molar-refractivity contribution in [1.82, 2.24) is 0 Å². The summed E-state index contributed by atoms with van der Waals surface area (Å²) in [6, 6.07) is 22.1. The lowest BCUT2D eigenvalue weighted by atomic mass is 9.81. The quantitative estimate of drug-likeness (QED) is 0.0786. The maximum absolute atomic E-state index is 7.25. The standard InChI is InChI=1S/C40H68O3Si/c1-31(22-32(2)24-34(4)26-36(6)28-42-30-41-11)23-33(3)25-35(5)27-37(7)29-43-44(40(8,9)10,38-18-14-12-15-19-38)39-20-16-13-17-21-39/h12-21,31-37H,22-30H2,1-11H3/t31-,32+,33-,34+,35-,36+,37-/m1/s1. The van der Waals surface area contributed by atoms with Crippen LogP contribution in [0.1, 0.15) is 108 Å². The molecule has 0 aliphatic heterocycles. The van der Waals surface area contributed by atoms with Gasteiger partial charge in [-0.2, -0.15) is 0 Å². The van der Waals surface area contributed by atoms with Crippen molar-refractivity contribution in [2.45, 2.75) is 113 Å². The van der Waals surface area contributed by atoms with Crippen LogP contribution in [0.5, 0.6) is 0 Å². The molecule has 0 amide bonds. The normalized spacial score (nSPS) is 17.4. The molecule has 0 unspecified atom stereocenters. The first-order valence-corrected chi connectivity index (χ1v) is 19.5. The number of hydrogen-bond acceptors (Lipinski definition) is 3. The van der Waals surface area contributed by atoms with Crippen LogP contribution in [0.2, 0.25) is 5.04 Å². The molecule has 0 fully saturated rings. The minimum Gasteiger partial charge on any atom is -0.407 e. The van der Waals surface area contributed by atoms with Gasteiger partial charge in [0.05, 0.1) is 6.61 Å². The van der Waals surface area contributed by atoms with Gasteiger partial charge in [-0.3, -0.25) is 0 Å². The van der Waals surface area contributed by atoms with E-state index in [1.165, 1.54) is 48.9 Å². The van der Waals surface area contributed by atoms with Crippen molar-refractivity contribution >= 4 is 18.7 Å². The molecule has 3 nitrogen and oxygen atoms in total. The van der Waals surface area contributed by atoms with Crippen molar-refractivity contribution in [3.05, 3.63) is 60.7 Å². The highest BCUT2D eigenvalue weighted by molar-refractivity contribution is 6.99. The number of ether oxygens (including phenoxy) is 2. The van der Waals surface area contributed by atoms with Gasteiger partial charge in [-0.05, 0) is 95.4 Å². The summed E-state index contributed by atoms with van der Waals surface area (Å²) in [5, 5.41) is 2.77. The van der Waals surface area contributed by atoms with Gasteiger partial charge in [0, 0.05) is 13.7 Å². The van der Waals surface area contributed by atoms with E-state index >= 15 is 0 Å². The molecule has 4 heteroatoms. The highest BCUT2D eigenvalue weighted by Gasteiger charge is 2.50. The van der Waals surface area contributed by atoms with Gasteiger partial charge in [0.25, 0.3) is 8.32 Å². The molecule has 0 radical (unpaired) electrons. The lowest BCUT2D eigenvalue weighted by Gasteiger charge is -2.43. The molecule has 250 valence electrons. The molecule has 0 heterocycles. The minimum atomic E-state index is -2.47.